The summed E-state index contributed by atoms with van der Waals surface area (Å²) in [5.41, 5.74) is 0. The lowest BCUT2D eigenvalue weighted by Crippen LogP contribution is -2.17. The van der Waals surface area contributed by atoms with Crippen molar-refractivity contribution >= 4 is 17.7 Å². The molecule has 0 amide bonds. The maximum atomic E-state index is 11.4. The molecule has 0 aromatic heterocycles. The van der Waals surface area contributed by atoms with Crippen LogP contribution in [0.15, 0.2) is 0 Å². The Morgan fingerprint density at radius 3 is 0.923 bits per heavy atom. The normalized spacial score (nSPS) is 11.3. The van der Waals surface area contributed by atoms with Crippen LogP contribution in [-0.4, -0.2) is 162 Å². The van der Waals surface area contributed by atoms with Crippen molar-refractivity contribution in [3.05, 3.63) is 0 Å². The first kappa shape index (κ1) is 50.2. The van der Waals surface area contributed by atoms with E-state index in [2.05, 4.69) is 6.92 Å². The van der Waals surface area contributed by atoms with Crippen LogP contribution in [0.2, 0.25) is 0 Å². The van der Waals surface area contributed by atoms with Crippen molar-refractivity contribution in [1.29, 1.82) is 0 Å². The van der Waals surface area contributed by atoms with Crippen LogP contribution in [0.4, 0.5) is 0 Å². The lowest BCUT2D eigenvalue weighted by Gasteiger charge is -2.09. The molecule has 0 heterocycles. The number of Topliss-reactive ketones (excluding diaryl/α,β-unsaturated/α-hetero) is 1. The zero-order valence-corrected chi connectivity index (χ0v) is 32.0. The molecule has 0 atom stereocenters. The molecule has 15 heteroatoms. The zero-order valence-electron chi connectivity index (χ0n) is 32.0. The smallest absolute Gasteiger partial charge is 0.372 e. The van der Waals surface area contributed by atoms with Crippen molar-refractivity contribution < 1.29 is 71.6 Å². The highest BCUT2D eigenvalue weighted by Crippen LogP contribution is 2.10. The SMILES string of the molecule is CCCCCCCCCCCCOCCOCCOCCOCCOCCOCCOCCOCCOCCOCCOC(=O)CCC(=O)C(=O)O. The van der Waals surface area contributed by atoms with Gasteiger partial charge >= 0.3 is 11.9 Å². The molecule has 0 bridgehead atoms. The third-order valence-corrected chi connectivity index (χ3v) is 7.28. The lowest BCUT2D eigenvalue weighted by atomic mass is 10.1. The molecule has 1 N–H and O–H groups in total. The molecule has 0 radical (unpaired) electrons. The summed E-state index contributed by atoms with van der Waals surface area (Å²) in [5, 5.41) is 8.45. The van der Waals surface area contributed by atoms with Gasteiger partial charge in [0.05, 0.1) is 132 Å². The molecule has 0 aromatic rings. The second-order valence-electron chi connectivity index (χ2n) is 11.8. The molecule has 0 spiro atoms. The Bertz CT molecular complexity index is 771. The zero-order chi connectivity index (χ0) is 37.8. The fraction of sp³-hybridized carbons (Fsp3) is 0.919. The average Bonchev–Trinajstić information content (AvgIpc) is 3.14. The van der Waals surface area contributed by atoms with Gasteiger partial charge < -0.3 is 57.2 Å². The molecule has 0 aliphatic carbocycles. The second-order valence-corrected chi connectivity index (χ2v) is 11.8. The Balaban J connectivity index is 3.11. The van der Waals surface area contributed by atoms with Crippen LogP contribution < -0.4 is 0 Å². The van der Waals surface area contributed by atoms with Crippen molar-refractivity contribution in [2.24, 2.45) is 0 Å². The summed E-state index contributed by atoms with van der Waals surface area (Å²) in [7, 11) is 0. The number of hydrogen-bond donors (Lipinski definition) is 1. The predicted molar refractivity (Wildman–Crippen MR) is 193 cm³/mol. The van der Waals surface area contributed by atoms with Crippen molar-refractivity contribution in [3.63, 3.8) is 0 Å². The minimum atomic E-state index is -1.56. The summed E-state index contributed by atoms with van der Waals surface area (Å²) in [6.45, 7) is 11.9. The van der Waals surface area contributed by atoms with E-state index in [0.29, 0.717) is 119 Å². The number of carbonyl (C=O) groups excluding carboxylic acids is 2. The molecule has 0 aliphatic heterocycles. The summed E-state index contributed by atoms with van der Waals surface area (Å²) in [5.74, 6) is -3.23. The maximum absolute atomic E-state index is 11.4. The van der Waals surface area contributed by atoms with E-state index < -0.39 is 17.7 Å². The van der Waals surface area contributed by atoms with E-state index >= 15 is 0 Å². The molecule has 15 nitrogen and oxygen atoms in total. The summed E-state index contributed by atoms with van der Waals surface area (Å²) in [6.07, 6.45) is 12.7. The number of ketones is 1. The molecule has 0 aromatic carbocycles. The first-order valence-electron chi connectivity index (χ1n) is 19.3. The van der Waals surface area contributed by atoms with Gasteiger partial charge in [-0.25, -0.2) is 4.79 Å². The molecular formula is C37H70O15. The second kappa shape index (κ2) is 43.6. The van der Waals surface area contributed by atoms with E-state index in [1.807, 2.05) is 0 Å². The molecule has 0 rings (SSSR count). The van der Waals surface area contributed by atoms with Gasteiger partial charge in [0, 0.05) is 13.0 Å². The number of rotatable bonds is 45. The van der Waals surface area contributed by atoms with Gasteiger partial charge in [-0.1, -0.05) is 64.7 Å². The fourth-order valence-electron chi connectivity index (χ4n) is 4.38. The maximum Gasteiger partial charge on any atom is 0.372 e. The molecule has 0 fully saturated rings. The van der Waals surface area contributed by atoms with Crippen LogP contribution in [0, 0.1) is 0 Å². The Labute approximate surface area is 311 Å². The summed E-state index contributed by atoms with van der Waals surface area (Å²) in [4.78, 5) is 32.7. The summed E-state index contributed by atoms with van der Waals surface area (Å²) >= 11 is 0. The van der Waals surface area contributed by atoms with Gasteiger partial charge in [0.1, 0.15) is 6.61 Å². The minimum Gasteiger partial charge on any atom is -0.476 e. The highest BCUT2D eigenvalue weighted by Gasteiger charge is 2.14. The lowest BCUT2D eigenvalue weighted by molar-refractivity contribution is -0.151. The predicted octanol–water partition coefficient (Wildman–Crippen LogP) is 4.05. The third-order valence-electron chi connectivity index (χ3n) is 7.28. The molecule has 52 heavy (non-hydrogen) atoms. The van der Waals surface area contributed by atoms with E-state index in [9.17, 15) is 14.4 Å². The van der Waals surface area contributed by atoms with Crippen molar-refractivity contribution in [1.82, 2.24) is 0 Å². The molecule has 0 saturated heterocycles. The van der Waals surface area contributed by atoms with Crippen molar-refractivity contribution in [3.8, 4) is 0 Å². The van der Waals surface area contributed by atoms with Gasteiger partial charge in [-0.05, 0) is 6.42 Å². The van der Waals surface area contributed by atoms with E-state index in [1.54, 1.807) is 0 Å². The van der Waals surface area contributed by atoms with Crippen LogP contribution in [0.5, 0.6) is 0 Å². The number of unbranched alkanes of at least 4 members (excludes halogenated alkanes) is 9. The van der Waals surface area contributed by atoms with Gasteiger partial charge in [0.2, 0.25) is 5.78 Å². The molecule has 308 valence electrons. The summed E-state index contributed by atoms with van der Waals surface area (Å²) < 4.78 is 59.5. The van der Waals surface area contributed by atoms with Crippen LogP contribution in [-0.2, 0) is 66.5 Å². The topological polar surface area (TPSA) is 173 Å². The van der Waals surface area contributed by atoms with Crippen LogP contribution in [0.25, 0.3) is 0 Å². The van der Waals surface area contributed by atoms with E-state index in [0.717, 1.165) is 13.0 Å². The van der Waals surface area contributed by atoms with Crippen LogP contribution in [0.1, 0.15) is 84.0 Å². The molecule has 0 saturated carbocycles. The highest BCUT2D eigenvalue weighted by atomic mass is 16.6. The summed E-state index contributed by atoms with van der Waals surface area (Å²) in [6, 6.07) is 0. The third kappa shape index (κ3) is 42.6. The average molecular weight is 755 g/mol. The van der Waals surface area contributed by atoms with Gasteiger partial charge in [-0.2, -0.15) is 0 Å². The van der Waals surface area contributed by atoms with E-state index in [-0.39, 0.29) is 26.1 Å². The van der Waals surface area contributed by atoms with Crippen molar-refractivity contribution in [2.75, 3.05) is 139 Å². The Morgan fingerprint density at radius 2 is 0.615 bits per heavy atom. The van der Waals surface area contributed by atoms with Gasteiger partial charge in [-0.15, -0.1) is 0 Å². The van der Waals surface area contributed by atoms with E-state index in [1.165, 1.54) is 57.8 Å². The number of carboxylic acid groups (broad SMARTS) is 1. The molecular weight excluding hydrogens is 684 g/mol. The first-order valence-corrected chi connectivity index (χ1v) is 19.3. The Hall–Kier alpha value is -1.79. The Kier molecular flexibility index (Phi) is 42.1. The van der Waals surface area contributed by atoms with E-state index in [4.69, 9.17) is 57.2 Å². The van der Waals surface area contributed by atoms with Crippen LogP contribution >= 0.6 is 0 Å². The highest BCUT2D eigenvalue weighted by molar-refractivity contribution is 6.32. The first-order chi connectivity index (χ1) is 25.6. The monoisotopic (exact) mass is 754 g/mol. The number of esters is 1. The number of ether oxygens (including phenoxy) is 11. The number of aliphatic carboxylic acids is 1. The van der Waals surface area contributed by atoms with Gasteiger partial charge in [-0.3, -0.25) is 9.59 Å². The molecule has 0 aliphatic rings. The van der Waals surface area contributed by atoms with Gasteiger partial charge in [0.25, 0.3) is 0 Å². The number of carbonyl (C=O) groups is 3. The number of hydrogen-bond acceptors (Lipinski definition) is 14. The number of carboxylic acids is 1. The van der Waals surface area contributed by atoms with Crippen LogP contribution in [0.3, 0.4) is 0 Å². The largest absolute Gasteiger partial charge is 0.476 e. The fourth-order valence-corrected chi connectivity index (χ4v) is 4.38. The van der Waals surface area contributed by atoms with Crippen molar-refractivity contribution in [2.45, 2.75) is 84.0 Å². The molecule has 0 unspecified atom stereocenters. The minimum absolute atomic E-state index is 0.0165. The van der Waals surface area contributed by atoms with Gasteiger partial charge in [0.15, 0.2) is 0 Å². The quantitative estimate of drug-likeness (QED) is 0.0536. The standard InChI is InChI=1S/C37H70O15/c1-2-3-4-5-6-7-8-9-10-11-14-42-15-16-43-17-18-44-19-20-45-21-22-46-23-24-47-25-26-48-27-28-49-29-30-50-31-32-51-33-34-52-36(39)13-12-35(38)37(40)41/h2-34H2,1H3,(H,40,41). The Morgan fingerprint density at radius 1 is 0.346 bits per heavy atom.